The van der Waals surface area contributed by atoms with Gasteiger partial charge in [0, 0.05) is 5.70 Å². The predicted octanol–water partition coefficient (Wildman–Crippen LogP) is 0.889. The van der Waals surface area contributed by atoms with Crippen LogP contribution in [-0.2, 0) is 0 Å². The summed E-state index contributed by atoms with van der Waals surface area (Å²) in [7, 11) is 0. The van der Waals surface area contributed by atoms with Crippen LogP contribution in [0.25, 0.3) is 0 Å². The van der Waals surface area contributed by atoms with Gasteiger partial charge in [-0.05, 0) is 13.8 Å². The minimum absolute atomic E-state index is 0.433. The van der Waals surface area contributed by atoms with Crippen LogP contribution in [0.3, 0.4) is 0 Å². The first-order valence-corrected chi connectivity index (χ1v) is 2.15. The second kappa shape index (κ2) is 2.39. The van der Waals surface area contributed by atoms with Gasteiger partial charge in [-0.25, -0.2) is 0 Å². The molecule has 0 aromatic carbocycles. The van der Waals surface area contributed by atoms with Crippen molar-refractivity contribution in [2.24, 2.45) is 5.73 Å². The fourth-order valence-corrected chi connectivity index (χ4v) is 0.217. The highest BCUT2D eigenvalue weighted by Crippen LogP contribution is 1.82. The zero-order valence-corrected chi connectivity index (χ0v) is 4.65. The van der Waals surface area contributed by atoms with E-state index >= 15 is 0 Å². The molecule has 3 N–H and O–H groups in total. The van der Waals surface area contributed by atoms with Crippen molar-refractivity contribution >= 4 is 5.71 Å². The Morgan fingerprint density at radius 3 is 2.14 bits per heavy atom. The van der Waals surface area contributed by atoms with Crippen molar-refractivity contribution in [3.8, 4) is 0 Å². The number of nitrogens with two attached hydrogens (primary N) is 1. The third-order valence-corrected chi connectivity index (χ3v) is 0.744. The van der Waals surface area contributed by atoms with Crippen molar-refractivity contribution in [2.75, 3.05) is 0 Å². The third-order valence-electron chi connectivity index (χ3n) is 0.744. The molecule has 0 atom stereocenters. The number of allylic oxidation sites excluding steroid dienone is 2. The van der Waals surface area contributed by atoms with E-state index in [2.05, 4.69) is 0 Å². The molecule has 0 aromatic rings. The van der Waals surface area contributed by atoms with Crippen LogP contribution in [0.5, 0.6) is 0 Å². The fraction of sp³-hybridized carbons (Fsp3) is 0.400. The van der Waals surface area contributed by atoms with Crippen LogP contribution in [0.4, 0.5) is 0 Å². The van der Waals surface area contributed by atoms with Gasteiger partial charge in [0.2, 0.25) is 0 Å². The second-order valence-corrected chi connectivity index (χ2v) is 1.37. The quantitative estimate of drug-likeness (QED) is 0.470. The summed E-state index contributed by atoms with van der Waals surface area (Å²) in [6.07, 6.45) is 1.71. The van der Waals surface area contributed by atoms with Crippen LogP contribution < -0.4 is 5.73 Å². The molecule has 0 spiro atoms. The summed E-state index contributed by atoms with van der Waals surface area (Å²) < 4.78 is 0. The van der Waals surface area contributed by atoms with Crippen molar-refractivity contribution in [1.29, 1.82) is 5.41 Å². The van der Waals surface area contributed by atoms with Gasteiger partial charge >= 0.3 is 0 Å². The zero-order chi connectivity index (χ0) is 5.86. The molecule has 0 aliphatic heterocycles. The molecule has 0 rings (SSSR count). The molecule has 0 fully saturated rings. The van der Waals surface area contributed by atoms with E-state index < -0.39 is 0 Å². The Bertz CT molecular complexity index is 103. The maximum Gasteiger partial charge on any atom is 0.0508 e. The Kier molecular flexibility index (Phi) is 2.12. The van der Waals surface area contributed by atoms with Crippen LogP contribution in [0.15, 0.2) is 11.8 Å². The molecule has 0 saturated heterocycles. The van der Waals surface area contributed by atoms with Gasteiger partial charge in [0.1, 0.15) is 0 Å². The lowest BCUT2D eigenvalue weighted by Crippen LogP contribution is -2.04. The van der Waals surface area contributed by atoms with Crippen molar-refractivity contribution < 1.29 is 0 Å². The van der Waals surface area contributed by atoms with Crippen molar-refractivity contribution in [3.63, 3.8) is 0 Å². The van der Waals surface area contributed by atoms with Gasteiger partial charge in [-0.2, -0.15) is 0 Å². The first kappa shape index (κ1) is 6.21. The van der Waals surface area contributed by atoms with E-state index in [1.54, 1.807) is 13.0 Å². The Balaban J connectivity index is 3.82. The lowest BCUT2D eigenvalue weighted by Gasteiger charge is -1.90. The highest BCUT2D eigenvalue weighted by Gasteiger charge is 1.84. The Morgan fingerprint density at radius 2 is 2.14 bits per heavy atom. The zero-order valence-electron chi connectivity index (χ0n) is 4.65. The molecule has 0 aromatic heterocycles. The molecule has 0 unspecified atom stereocenters. The van der Waals surface area contributed by atoms with Crippen molar-refractivity contribution in [1.82, 2.24) is 0 Å². The van der Waals surface area contributed by atoms with Gasteiger partial charge in [0.15, 0.2) is 0 Å². The van der Waals surface area contributed by atoms with Gasteiger partial charge in [0.05, 0.1) is 5.71 Å². The average Bonchev–Trinajstić information content (AvgIpc) is 1.65. The van der Waals surface area contributed by atoms with Crippen LogP contribution in [0.1, 0.15) is 13.8 Å². The fourth-order valence-electron chi connectivity index (χ4n) is 0.217. The molecule has 0 aliphatic carbocycles. The second-order valence-electron chi connectivity index (χ2n) is 1.37. The van der Waals surface area contributed by atoms with E-state index in [-0.39, 0.29) is 0 Å². The summed E-state index contributed by atoms with van der Waals surface area (Å²) in [6, 6.07) is 0. The summed E-state index contributed by atoms with van der Waals surface area (Å²) in [5.74, 6) is 0. The Hall–Kier alpha value is -0.790. The normalized spacial score (nSPS) is 11.4. The number of rotatable bonds is 1. The van der Waals surface area contributed by atoms with Gasteiger partial charge < -0.3 is 11.1 Å². The minimum Gasteiger partial charge on any atom is -0.398 e. The Labute approximate surface area is 43.5 Å². The van der Waals surface area contributed by atoms with Gasteiger partial charge in [-0.1, -0.05) is 6.08 Å². The third kappa shape index (κ3) is 1.98. The molecule has 2 nitrogen and oxygen atoms in total. The van der Waals surface area contributed by atoms with E-state index in [4.69, 9.17) is 11.1 Å². The summed E-state index contributed by atoms with van der Waals surface area (Å²) in [5.41, 5.74) is 6.24. The summed E-state index contributed by atoms with van der Waals surface area (Å²) in [4.78, 5) is 0. The molecule has 0 bridgehead atoms. The van der Waals surface area contributed by atoms with E-state index in [9.17, 15) is 0 Å². The minimum atomic E-state index is 0.433. The maximum absolute atomic E-state index is 6.91. The predicted molar refractivity (Wildman–Crippen MR) is 31.3 cm³/mol. The summed E-state index contributed by atoms with van der Waals surface area (Å²) in [5, 5.41) is 6.91. The molecular formula is C5H10N2. The summed E-state index contributed by atoms with van der Waals surface area (Å²) >= 11 is 0. The molecule has 0 heterocycles. The lowest BCUT2D eigenvalue weighted by atomic mass is 10.3. The van der Waals surface area contributed by atoms with E-state index in [1.165, 1.54) is 0 Å². The molecule has 2 heteroatoms. The molecule has 0 saturated carbocycles. The van der Waals surface area contributed by atoms with Gasteiger partial charge in [-0.15, -0.1) is 0 Å². The first-order chi connectivity index (χ1) is 3.18. The number of nitrogens with one attached hydrogen (secondary N) is 1. The maximum atomic E-state index is 6.91. The highest BCUT2D eigenvalue weighted by atomic mass is 14.6. The first-order valence-electron chi connectivity index (χ1n) is 2.15. The summed E-state index contributed by atoms with van der Waals surface area (Å²) in [6.45, 7) is 3.47. The van der Waals surface area contributed by atoms with E-state index in [0.717, 1.165) is 0 Å². The van der Waals surface area contributed by atoms with Crippen LogP contribution >= 0.6 is 0 Å². The topological polar surface area (TPSA) is 49.9 Å². The van der Waals surface area contributed by atoms with Gasteiger partial charge in [0.25, 0.3) is 0 Å². The largest absolute Gasteiger partial charge is 0.398 e. The van der Waals surface area contributed by atoms with Crippen molar-refractivity contribution in [3.05, 3.63) is 11.8 Å². The molecule has 0 radical (unpaired) electrons. The molecule has 7 heavy (non-hydrogen) atoms. The van der Waals surface area contributed by atoms with Gasteiger partial charge in [-0.3, -0.25) is 0 Å². The smallest absolute Gasteiger partial charge is 0.0508 e. The molecular weight excluding hydrogens is 88.1 g/mol. The number of hydrogen-bond acceptors (Lipinski definition) is 2. The SMILES string of the molecule is C/C=C(/N)C(C)=N. The van der Waals surface area contributed by atoms with Crippen LogP contribution in [0, 0.1) is 5.41 Å². The molecule has 0 aliphatic rings. The van der Waals surface area contributed by atoms with Crippen LogP contribution in [-0.4, -0.2) is 5.71 Å². The monoisotopic (exact) mass is 98.1 g/mol. The van der Waals surface area contributed by atoms with Crippen molar-refractivity contribution in [2.45, 2.75) is 13.8 Å². The molecule has 0 amide bonds. The number of hydrogen-bond donors (Lipinski definition) is 2. The van der Waals surface area contributed by atoms with E-state index in [1.807, 2.05) is 6.92 Å². The van der Waals surface area contributed by atoms with Crippen LogP contribution in [0.2, 0.25) is 0 Å². The highest BCUT2D eigenvalue weighted by molar-refractivity contribution is 5.94. The van der Waals surface area contributed by atoms with E-state index in [0.29, 0.717) is 11.4 Å². The average molecular weight is 98.1 g/mol. The molecule has 40 valence electrons. The standard InChI is InChI=1S/C5H10N2/c1-3-5(7)4(2)6/h3,6H,7H2,1-2H3/b5-3+,6-4?. The lowest BCUT2D eigenvalue weighted by molar-refractivity contribution is 1.36. The Morgan fingerprint density at radius 1 is 1.71 bits per heavy atom.